The quantitative estimate of drug-likeness (QED) is 0.466. The molecule has 0 aliphatic rings. The van der Waals surface area contributed by atoms with E-state index < -0.39 is 12.1 Å². The largest absolute Gasteiger partial charge is 0.449 e. The second kappa shape index (κ2) is 9.43. The van der Waals surface area contributed by atoms with E-state index in [2.05, 4.69) is 10.4 Å². The molecule has 0 saturated carbocycles. The summed E-state index contributed by atoms with van der Waals surface area (Å²) in [7, 11) is 0. The van der Waals surface area contributed by atoms with Crippen LogP contribution >= 0.6 is 0 Å². The van der Waals surface area contributed by atoms with Crippen LogP contribution in [0.4, 0.5) is 5.69 Å². The number of aryl methyl sites for hydroxylation is 3. The van der Waals surface area contributed by atoms with Crippen LogP contribution in [-0.2, 0) is 14.3 Å². The Kier molecular flexibility index (Phi) is 6.70. The number of carbonyl (C=O) groups excluding carboxylic acids is 2. The number of aromatic nitrogens is 2. The highest BCUT2D eigenvalue weighted by molar-refractivity contribution is 5.97. The second-order valence-corrected chi connectivity index (χ2v) is 7.50. The molecule has 1 amide bonds. The van der Waals surface area contributed by atoms with Crippen molar-refractivity contribution in [2.75, 3.05) is 5.32 Å². The van der Waals surface area contributed by atoms with Crippen molar-refractivity contribution in [3.8, 4) is 5.69 Å². The summed E-state index contributed by atoms with van der Waals surface area (Å²) >= 11 is 0. The van der Waals surface area contributed by atoms with Gasteiger partial charge in [0.15, 0.2) is 6.10 Å². The molecule has 1 aromatic heterocycles. The standard InChI is InChI=1S/C25H27N3O3/c1-16-10-9-11-17(2)24(16)26-25(30)20(5)31-23(29)15-14-22-18(3)27-28(19(22)4)21-12-7-6-8-13-21/h6-15,20H,1-5H3,(H,26,30)/b15-14+/t20-/m0/s1. The number of benzene rings is 2. The molecule has 1 N–H and O–H groups in total. The molecule has 0 aliphatic heterocycles. The Labute approximate surface area is 182 Å². The Bertz CT molecular complexity index is 1110. The van der Waals surface area contributed by atoms with E-state index in [1.807, 2.05) is 80.9 Å². The lowest BCUT2D eigenvalue weighted by molar-refractivity contribution is -0.148. The lowest BCUT2D eigenvalue weighted by Crippen LogP contribution is -2.30. The van der Waals surface area contributed by atoms with Crippen molar-refractivity contribution in [1.29, 1.82) is 0 Å². The van der Waals surface area contributed by atoms with Gasteiger partial charge in [0.2, 0.25) is 0 Å². The fourth-order valence-corrected chi connectivity index (χ4v) is 3.37. The Hall–Kier alpha value is -3.67. The van der Waals surface area contributed by atoms with E-state index in [0.29, 0.717) is 0 Å². The van der Waals surface area contributed by atoms with Crippen LogP contribution in [0.3, 0.4) is 0 Å². The van der Waals surface area contributed by atoms with Gasteiger partial charge in [0, 0.05) is 23.0 Å². The average Bonchev–Trinajstić information content (AvgIpc) is 3.03. The van der Waals surface area contributed by atoms with Crippen molar-refractivity contribution in [1.82, 2.24) is 9.78 Å². The lowest BCUT2D eigenvalue weighted by Gasteiger charge is -2.15. The monoisotopic (exact) mass is 417 g/mol. The molecule has 0 radical (unpaired) electrons. The highest BCUT2D eigenvalue weighted by Gasteiger charge is 2.18. The predicted octanol–water partition coefficient (Wildman–Crippen LogP) is 4.69. The van der Waals surface area contributed by atoms with Gasteiger partial charge in [0.05, 0.1) is 11.4 Å². The normalized spacial score (nSPS) is 12.0. The molecule has 0 unspecified atom stereocenters. The summed E-state index contributed by atoms with van der Waals surface area (Å²) in [5.41, 5.74) is 6.14. The van der Waals surface area contributed by atoms with E-state index >= 15 is 0 Å². The van der Waals surface area contributed by atoms with E-state index in [-0.39, 0.29) is 5.91 Å². The van der Waals surface area contributed by atoms with Crippen LogP contribution in [0.1, 0.15) is 35.0 Å². The van der Waals surface area contributed by atoms with Crippen LogP contribution in [0.25, 0.3) is 11.8 Å². The molecule has 0 fully saturated rings. The van der Waals surface area contributed by atoms with Crippen molar-refractivity contribution in [2.24, 2.45) is 0 Å². The number of amides is 1. The van der Waals surface area contributed by atoms with Crippen LogP contribution in [0.15, 0.2) is 54.6 Å². The Morgan fingerprint density at radius 1 is 1.00 bits per heavy atom. The van der Waals surface area contributed by atoms with Crippen molar-refractivity contribution in [2.45, 2.75) is 40.7 Å². The van der Waals surface area contributed by atoms with Gasteiger partial charge in [-0.05, 0) is 64.0 Å². The Morgan fingerprint density at radius 2 is 1.65 bits per heavy atom. The highest BCUT2D eigenvalue weighted by Crippen LogP contribution is 2.21. The lowest BCUT2D eigenvalue weighted by atomic mass is 10.1. The van der Waals surface area contributed by atoms with Gasteiger partial charge in [-0.3, -0.25) is 4.79 Å². The maximum Gasteiger partial charge on any atom is 0.331 e. The molecular formula is C25H27N3O3. The minimum atomic E-state index is -0.926. The third-order valence-corrected chi connectivity index (χ3v) is 5.13. The molecule has 0 aliphatic carbocycles. The van der Waals surface area contributed by atoms with Crippen molar-refractivity contribution in [3.63, 3.8) is 0 Å². The SMILES string of the molecule is Cc1cccc(C)c1NC(=O)[C@H](C)OC(=O)/C=C/c1c(C)nn(-c2ccccc2)c1C. The molecule has 1 atom stereocenters. The molecule has 6 nitrogen and oxygen atoms in total. The summed E-state index contributed by atoms with van der Waals surface area (Å²) in [5.74, 6) is -0.959. The van der Waals surface area contributed by atoms with E-state index in [0.717, 1.165) is 39.5 Å². The highest BCUT2D eigenvalue weighted by atomic mass is 16.5. The number of hydrogen-bond donors (Lipinski definition) is 1. The van der Waals surface area contributed by atoms with Gasteiger partial charge >= 0.3 is 5.97 Å². The fourth-order valence-electron chi connectivity index (χ4n) is 3.37. The number of nitrogens with one attached hydrogen (secondary N) is 1. The summed E-state index contributed by atoms with van der Waals surface area (Å²) in [6, 6.07) is 15.6. The van der Waals surface area contributed by atoms with Gasteiger partial charge < -0.3 is 10.1 Å². The number of anilines is 1. The summed E-state index contributed by atoms with van der Waals surface area (Å²) in [6.45, 7) is 9.22. The maximum atomic E-state index is 12.5. The minimum absolute atomic E-state index is 0.372. The Balaban J connectivity index is 1.67. The molecule has 31 heavy (non-hydrogen) atoms. The van der Waals surface area contributed by atoms with Gasteiger partial charge in [-0.2, -0.15) is 5.10 Å². The summed E-state index contributed by atoms with van der Waals surface area (Å²) in [4.78, 5) is 24.8. The predicted molar refractivity (Wildman–Crippen MR) is 122 cm³/mol. The fraction of sp³-hybridized carbons (Fsp3) is 0.240. The van der Waals surface area contributed by atoms with Crippen LogP contribution in [0.5, 0.6) is 0 Å². The molecule has 3 aromatic rings. The van der Waals surface area contributed by atoms with Crippen molar-refractivity contribution >= 4 is 23.6 Å². The van der Waals surface area contributed by atoms with Gasteiger partial charge in [-0.25, -0.2) is 9.48 Å². The average molecular weight is 418 g/mol. The number of rotatable bonds is 6. The van der Waals surface area contributed by atoms with Crippen molar-refractivity contribution < 1.29 is 14.3 Å². The molecule has 0 spiro atoms. The van der Waals surface area contributed by atoms with Gasteiger partial charge in [-0.1, -0.05) is 36.4 Å². The number of hydrogen-bond acceptors (Lipinski definition) is 4. The Morgan fingerprint density at radius 3 is 2.29 bits per heavy atom. The van der Waals surface area contributed by atoms with Gasteiger partial charge in [0.1, 0.15) is 0 Å². The number of carbonyl (C=O) groups is 2. The first-order valence-electron chi connectivity index (χ1n) is 10.2. The topological polar surface area (TPSA) is 73.2 Å². The van der Waals surface area contributed by atoms with Crippen LogP contribution < -0.4 is 5.32 Å². The molecule has 1 heterocycles. The van der Waals surface area contributed by atoms with E-state index in [4.69, 9.17) is 4.74 Å². The first-order valence-corrected chi connectivity index (χ1v) is 10.2. The third-order valence-electron chi connectivity index (χ3n) is 5.13. The molecule has 160 valence electrons. The van der Waals surface area contributed by atoms with E-state index in [1.54, 1.807) is 13.0 Å². The molecule has 0 saturated heterocycles. The number of nitrogens with zero attached hydrogens (tertiary/aromatic N) is 2. The van der Waals surface area contributed by atoms with Gasteiger partial charge in [-0.15, -0.1) is 0 Å². The maximum absolute atomic E-state index is 12.5. The zero-order valence-corrected chi connectivity index (χ0v) is 18.5. The molecule has 0 bridgehead atoms. The number of esters is 1. The molecule has 3 rings (SSSR count). The zero-order valence-electron chi connectivity index (χ0n) is 18.5. The summed E-state index contributed by atoms with van der Waals surface area (Å²) in [6.07, 6.45) is 2.08. The van der Waals surface area contributed by atoms with Crippen LogP contribution in [-0.4, -0.2) is 27.8 Å². The molecular weight excluding hydrogens is 390 g/mol. The number of para-hydroxylation sites is 2. The van der Waals surface area contributed by atoms with Crippen molar-refractivity contribution in [3.05, 3.63) is 82.7 Å². The minimum Gasteiger partial charge on any atom is -0.449 e. The van der Waals surface area contributed by atoms with Crippen LogP contribution in [0, 0.1) is 27.7 Å². The molecule has 2 aromatic carbocycles. The summed E-state index contributed by atoms with van der Waals surface area (Å²) in [5, 5.41) is 7.40. The van der Waals surface area contributed by atoms with E-state index in [1.165, 1.54) is 6.08 Å². The smallest absolute Gasteiger partial charge is 0.331 e. The van der Waals surface area contributed by atoms with E-state index in [9.17, 15) is 9.59 Å². The zero-order chi connectivity index (χ0) is 22.5. The van der Waals surface area contributed by atoms with Crippen LogP contribution in [0.2, 0.25) is 0 Å². The molecule has 6 heteroatoms. The third kappa shape index (κ3) is 5.09. The first kappa shape index (κ1) is 22.0. The second-order valence-electron chi connectivity index (χ2n) is 7.50. The first-order chi connectivity index (χ1) is 14.8. The van der Waals surface area contributed by atoms with Gasteiger partial charge in [0.25, 0.3) is 5.91 Å². The number of ether oxygens (including phenoxy) is 1. The summed E-state index contributed by atoms with van der Waals surface area (Å²) < 4.78 is 7.13.